The van der Waals surface area contributed by atoms with Crippen molar-refractivity contribution >= 4 is 21.7 Å². The molecule has 1 saturated heterocycles. The summed E-state index contributed by atoms with van der Waals surface area (Å²) < 4.78 is 22.7. The Morgan fingerprint density at radius 2 is 1.93 bits per heavy atom. The van der Waals surface area contributed by atoms with Crippen LogP contribution < -0.4 is 15.1 Å². The molecule has 3 aromatic rings. The van der Waals surface area contributed by atoms with Crippen molar-refractivity contribution in [2.45, 2.75) is 38.7 Å². The van der Waals surface area contributed by atoms with Gasteiger partial charge in [0.15, 0.2) is 0 Å². The highest BCUT2D eigenvalue weighted by Crippen LogP contribution is 2.29. The molecule has 0 radical (unpaired) electrons. The third-order valence-corrected chi connectivity index (χ3v) is 4.84. The van der Waals surface area contributed by atoms with E-state index in [0.717, 1.165) is 48.8 Å². The predicted octanol–water partition coefficient (Wildman–Crippen LogP) is 4.68. The Morgan fingerprint density at radius 1 is 1.07 bits per heavy atom. The predicted molar refractivity (Wildman–Crippen MR) is 105 cm³/mol. The lowest BCUT2D eigenvalue weighted by Crippen LogP contribution is -2.28. The normalized spacial score (nSPS) is 17.3. The summed E-state index contributed by atoms with van der Waals surface area (Å²) >= 11 is 0. The van der Waals surface area contributed by atoms with Gasteiger partial charge in [-0.15, -0.1) is 0 Å². The van der Waals surface area contributed by atoms with Crippen LogP contribution in [0.25, 0.3) is 21.7 Å². The van der Waals surface area contributed by atoms with E-state index >= 15 is 0 Å². The van der Waals surface area contributed by atoms with Crippen molar-refractivity contribution < 1.29 is 18.6 Å². The molecule has 0 bridgehead atoms. The zero-order valence-electron chi connectivity index (χ0n) is 15.5. The number of unbranched alkanes of at least 4 members (excludes halogenated alkanes) is 1. The monoisotopic (exact) mass is 368 g/mol. The van der Waals surface area contributed by atoms with Gasteiger partial charge >= 0.3 is 5.63 Å². The molecular formula is C22H24O5. The summed E-state index contributed by atoms with van der Waals surface area (Å²) in [6, 6.07) is 11.2. The quantitative estimate of drug-likeness (QED) is 0.359. The van der Waals surface area contributed by atoms with Crippen molar-refractivity contribution in [2.24, 2.45) is 0 Å². The van der Waals surface area contributed by atoms with Crippen LogP contribution in [0.4, 0.5) is 0 Å². The van der Waals surface area contributed by atoms with Gasteiger partial charge in [0.2, 0.25) is 0 Å². The van der Waals surface area contributed by atoms with Gasteiger partial charge in [0.25, 0.3) is 0 Å². The first-order chi connectivity index (χ1) is 13.2. The second-order valence-corrected chi connectivity index (χ2v) is 6.91. The second-order valence-electron chi connectivity index (χ2n) is 6.91. The van der Waals surface area contributed by atoms with Gasteiger partial charge in [0, 0.05) is 23.4 Å². The standard InChI is InChI=1S/C22H24O5/c1-2-3-11-25-15-6-9-19-18-8-7-16(26-17-5-4-10-24-14-17)12-20(18)22(23)27-21(19)13-15/h6-9,12-13,17H,2-5,10-11,14H2,1H3. The number of hydrogen-bond donors (Lipinski definition) is 0. The maximum atomic E-state index is 12.5. The number of benzene rings is 2. The molecule has 4 rings (SSSR count). The maximum absolute atomic E-state index is 12.5. The van der Waals surface area contributed by atoms with E-state index in [2.05, 4.69) is 6.92 Å². The first-order valence-electron chi connectivity index (χ1n) is 9.62. The largest absolute Gasteiger partial charge is 0.493 e. The molecule has 1 aromatic heterocycles. The Morgan fingerprint density at radius 3 is 2.74 bits per heavy atom. The van der Waals surface area contributed by atoms with Crippen molar-refractivity contribution in [1.82, 2.24) is 0 Å². The Kier molecular flexibility index (Phi) is 5.30. The molecule has 0 N–H and O–H groups in total. The molecule has 1 fully saturated rings. The van der Waals surface area contributed by atoms with Crippen LogP contribution in [0.5, 0.6) is 11.5 Å². The molecule has 5 heteroatoms. The Labute approximate surface area is 157 Å². The van der Waals surface area contributed by atoms with E-state index in [-0.39, 0.29) is 11.7 Å². The first kappa shape index (κ1) is 17.9. The van der Waals surface area contributed by atoms with Gasteiger partial charge < -0.3 is 18.6 Å². The average Bonchev–Trinajstić information content (AvgIpc) is 2.69. The fraction of sp³-hybridized carbons (Fsp3) is 0.409. The number of fused-ring (bicyclic) bond motifs is 3. The maximum Gasteiger partial charge on any atom is 0.344 e. The molecule has 1 aliphatic rings. The van der Waals surface area contributed by atoms with Crippen molar-refractivity contribution in [2.75, 3.05) is 19.8 Å². The fourth-order valence-electron chi connectivity index (χ4n) is 3.39. The molecule has 0 amide bonds. The third-order valence-electron chi connectivity index (χ3n) is 4.84. The molecule has 1 aliphatic heterocycles. The Bertz CT molecular complexity index is 985. The lowest BCUT2D eigenvalue weighted by Gasteiger charge is -2.23. The van der Waals surface area contributed by atoms with Crippen LogP contribution in [0.3, 0.4) is 0 Å². The van der Waals surface area contributed by atoms with Crippen LogP contribution in [0.15, 0.2) is 45.6 Å². The van der Waals surface area contributed by atoms with E-state index in [0.29, 0.717) is 29.9 Å². The average molecular weight is 368 g/mol. The number of ether oxygens (including phenoxy) is 3. The van der Waals surface area contributed by atoms with Gasteiger partial charge in [0.05, 0.1) is 18.6 Å². The molecule has 5 nitrogen and oxygen atoms in total. The van der Waals surface area contributed by atoms with E-state index in [4.69, 9.17) is 18.6 Å². The van der Waals surface area contributed by atoms with Crippen LogP contribution in [-0.2, 0) is 4.74 Å². The minimum atomic E-state index is -0.367. The summed E-state index contributed by atoms with van der Waals surface area (Å²) in [7, 11) is 0. The van der Waals surface area contributed by atoms with Crippen LogP contribution >= 0.6 is 0 Å². The zero-order valence-corrected chi connectivity index (χ0v) is 15.5. The molecule has 0 spiro atoms. The van der Waals surface area contributed by atoms with Gasteiger partial charge in [-0.2, -0.15) is 0 Å². The molecule has 1 unspecified atom stereocenters. The van der Waals surface area contributed by atoms with Crippen LogP contribution in [0.1, 0.15) is 32.6 Å². The summed E-state index contributed by atoms with van der Waals surface area (Å²) in [5.41, 5.74) is 0.171. The lowest BCUT2D eigenvalue weighted by molar-refractivity contribution is 0.00748. The lowest BCUT2D eigenvalue weighted by atomic mass is 10.1. The van der Waals surface area contributed by atoms with E-state index < -0.39 is 0 Å². The number of rotatable bonds is 6. The minimum absolute atomic E-state index is 0.0338. The third kappa shape index (κ3) is 3.93. The molecule has 0 aliphatic carbocycles. The van der Waals surface area contributed by atoms with Crippen molar-refractivity contribution in [3.8, 4) is 11.5 Å². The van der Waals surface area contributed by atoms with Gasteiger partial charge in [-0.25, -0.2) is 4.79 Å². The Balaban J connectivity index is 1.65. The van der Waals surface area contributed by atoms with Crippen LogP contribution in [0.2, 0.25) is 0 Å². The van der Waals surface area contributed by atoms with E-state index in [9.17, 15) is 4.79 Å². The summed E-state index contributed by atoms with van der Waals surface area (Å²) in [6.45, 7) is 4.15. The SMILES string of the molecule is CCCCOc1ccc2c(c1)oc(=O)c1cc(OC3CCCOC3)ccc12. The van der Waals surface area contributed by atoms with E-state index in [1.54, 1.807) is 12.1 Å². The first-order valence-corrected chi connectivity index (χ1v) is 9.62. The molecule has 142 valence electrons. The fourth-order valence-corrected chi connectivity index (χ4v) is 3.39. The molecule has 2 aromatic carbocycles. The number of hydrogen-bond acceptors (Lipinski definition) is 5. The topological polar surface area (TPSA) is 57.9 Å². The second kappa shape index (κ2) is 8.01. The molecule has 0 saturated carbocycles. The highest BCUT2D eigenvalue weighted by atomic mass is 16.5. The molecule has 2 heterocycles. The van der Waals surface area contributed by atoms with E-state index in [1.165, 1.54) is 0 Å². The van der Waals surface area contributed by atoms with Gasteiger partial charge in [0.1, 0.15) is 23.2 Å². The van der Waals surface area contributed by atoms with Crippen LogP contribution in [0, 0.1) is 0 Å². The van der Waals surface area contributed by atoms with Crippen molar-refractivity contribution in [3.05, 3.63) is 46.8 Å². The van der Waals surface area contributed by atoms with Crippen molar-refractivity contribution in [3.63, 3.8) is 0 Å². The van der Waals surface area contributed by atoms with Gasteiger partial charge in [-0.05, 0) is 49.6 Å². The minimum Gasteiger partial charge on any atom is -0.493 e. The highest BCUT2D eigenvalue weighted by molar-refractivity contribution is 6.04. The van der Waals surface area contributed by atoms with Gasteiger partial charge in [-0.1, -0.05) is 13.3 Å². The van der Waals surface area contributed by atoms with Crippen LogP contribution in [-0.4, -0.2) is 25.9 Å². The molecular weight excluding hydrogens is 344 g/mol. The Hall–Kier alpha value is -2.53. The van der Waals surface area contributed by atoms with Crippen molar-refractivity contribution in [1.29, 1.82) is 0 Å². The smallest absolute Gasteiger partial charge is 0.344 e. The van der Waals surface area contributed by atoms with Gasteiger partial charge in [-0.3, -0.25) is 0 Å². The van der Waals surface area contributed by atoms with E-state index in [1.807, 2.05) is 24.3 Å². The highest BCUT2D eigenvalue weighted by Gasteiger charge is 2.16. The molecule has 27 heavy (non-hydrogen) atoms. The summed E-state index contributed by atoms with van der Waals surface area (Å²) in [5, 5.41) is 2.27. The summed E-state index contributed by atoms with van der Waals surface area (Å²) in [4.78, 5) is 12.5. The molecule has 1 atom stereocenters. The summed E-state index contributed by atoms with van der Waals surface area (Å²) in [5.74, 6) is 1.39. The zero-order chi connectivity index (χ0) is 18.6. The summed E-state index contributed by atoms with van der Waals surface area (Å²) in [6.07, 6.45) is 4.06.